The summed E-state index contributed by atoms with van der Waals surface area (Å²) in [5.41, 5.74) is 1.80. The van der Waals surface area contributed by atoms with Crippen LogP contribution in [0.25, 0.3) is 5.65 Å². The minimum atomic E-state index is 0.140. The van der Waals surface area contributed by atoms with Gasteiger partial charge in [-0.2, -0.15) is 0 Å². The molecular weight excluding hydrogens is 344 g/mol. The Labute approximate surface area is 157 Å². The van der Waals surface area contributed by atoms with Crippen molar-refractivity contribution in [1.82, 2.24) is 14.6 Å². The minimum Gasteiger partial charge on any atom is -0.309 e. The molecule has 1 fully saturated rings. The van der Waals surface area contributed by atoms with Crippen molar-refractivity contribution >= 4 is 29.0 Å². The van der Waals surface area contributed by atoms with Crippen LogP contribution < -0.4 is 4.90 Å². The lowest BCUT2D eigenvalue weighted by Crippen LogP contribution is -2.42. The monoisotopic (exact) mass is 366 g/mol. The second-order valence-corrected chi connectivity index (χ2v) is 7.53. The van der Waals surface area contributed by atoms with Gasteiger partial charge in [0.05, 0.1) is 5.75 Å². The number of anilines is 1. The van der Waals surface area contributed by atoms with E-state index in [4.69, 9.17) is 0 Å². The van der Waals surface area contributed by atoms with Gasteiger partial charge in [0.25, 0.3) is 0 Å². The van der Waals surface area contributed by atoms with Crippen molar-refractivity contribution in [3.63, 3.8) is 0 Å². The van der Waals surface area contributed by atoms with E-state index in [-0.39, 0.29) is 5.91 Å². The zero-order valence-electron chi connectivity index (χ0n) is 14.6. The van der Waals surface area contributed by atoms with Gasteiger partial charge >= 0.3 is 0 Å². The predicted molar refractivity (Wildman–Crippen MR) is 105 cm³/mol. The molecule has 0 unspecified atom stereocenters. The molecule has 0 bridgehead atoms. The van der Waals surface area contributed by atoms with Crippen LogP contribution in [0.2, 0.25) is 0 Å². The zero-order valence-corrected chi connectivity index (χ0v) is 15.4. The number of benzene rings is 1. The molecule has 1 saturated carbocycles. The molecule has 0 radical (unpaired) electrons. The summed E-state index contributed by atoms with van der Waals surface area (Å²) in [6, 6.07) is 16.1. The molecule has 0 atom stereocenters. The lowest BCUT2D eigenvalue weighted by molar-refractivity contribution is -0.116. The number of carbonyl (C=O) groups is 1. The first-order chi connectivity index (χ1) is 12.8. The fourth-order valence-corrected chi connectivity index (χ4v) is 4.38. The molecule has 2 heterocycles. The van der Waals surface area contributed by atoms with Crippen molar-refractivity contribution in [3.05, 3.63) is 54.7 Å². The van der Waals surface area contributed by atoms with Crippen LogP contribution in [-0.2, 0) is 4.79 Å². The number of amides is 1. The van der Waals surface area contributed by atoms with Crippen LogP contribution in [0.4, 0.5) is 5.69 Å². The average molecular weight is 366 g/mol. The van der Waals surface area contributed by atoms with E-state index in [0.29, 0.717) is 11.8 Å². The number of hydrogen-bond acceptors (Lipinski definition) is 4. The Morgan fingerprint density at radius 3 is 2.62 bits per heavy atom. The van der Waals surface area contributed by atoms with Crippen molar-refractivity contribution < 1.29 is 4.79 Å². The van der Waals surface area contributed by atoms with Gasteiger partial charge in [-0.3, -0.25) is 9.20 Å². The van der Waals surface area contributed by atoms with Crippen LogP contribution in [0, 0.1) is 0 Å². The second kappa shape index (κ2) is 7.91. The Morgan fingerprint density at radius 2 is 1.81 bits per heavy atom. The molecule has 0 saturated heterocycles. The van der Waals surface area contributed by atoms with Gasteiger partial charge in [0.15, 0.2) is 10.8 Å². The number of hydrogen-bond donors (Lipinski definition) is 0. The van der Waals surface area contributed by atoms with Crippen molar-refractivity contribution in [1.29, 1.82) is 0 Å². The summed E-state index contributed by atoms with van der Waals surface area (Å²) < 4.78 is 1.92. The Balaban J connectivity index is 1.52. The van der Waals surface area contributed by atoms with Crippen LogP contribution in [-0.4, -0.2) is 32.3 Å². The molecule has 4 rings (SSSR count). The van der Waals surface area contributed by atoms with Crippen LogP contribution in [0.15, 0.2) is 59.9 Å². The van der Waals surface area contributed by atoms with E-state index in [2.05, 4.69) is 10.2 Å². The Bertz CT molecular complexity index is 874. The van der Waals surface area contributed by atoms with Gasteiger partial charge in [-0.05, 0) is 37.1 Å². The highest BCUT2D eigenvalue weighted by Crippen LogP contribution is 2.28. The molecule has 0 spiro atoms. The van der Waals surface area contributed by atoms with E-state index in [1.165, 1.54) is 31.0 Å². The van der Waals surface area contributed by atoms with Gasteiger partial charge in [0.2, 0.25) is 5.91 Å². The largest absolute Gasteiger partial charge is 0.309 e. The topological polar surface area (TPSA) is 50.5 Å². The quantitative estimate of drug-likeness (QED) is 0.636. The van der Waals surface area contributed by atoms with E-state index >= 15 is 0 Å². The third-order valence-electron chi connectivity index (χ3n) is 4.85. The van der Waals surface area contributed by atoms with Gasteiger partial charge in [-0.25, -0.2) is 0 Å². The first kappa shape index (κ1) is 17.1. The maximum Gasteiger partial charge on any atom is 0.237 e. The van der Waals surface area contributed by atoms with Crippen molar-refractivity contribution in [2.75, 3.05) is 10.7 Å². The van der Waals surface area contributed by atoms with Crippen molar-refractivity contribution in [3.8, 4) is 0 Å². The first-order valence-electron chi connectivity index (χ1n) is 9.12. The van der Waals surface area contributed by atoms with Gasteiger partial charge in [0.1, 0.15) is 0 Å². The number of rotatable bonds is 5. The van der Waals surface area contributed by atoms with Gasteiger partial charge < -0.3 is 4.90 Å². The van der Waals surface area contributed by atoms with E-state index in [1.54, 1.807) is 0 Å². The molecule has 26 heavy (non-hydrogen) atoms. The zero-order chi connectivity index (χ0) is 17.8. The van der Waals surface area contributed by atoms with Crippen molar-refractivity contribution in [2.45, 2.75) is 43.3 Å². The highest BCUT2D eigenvalue weighted by molar-refractivity contribution is 7.99. The standard InChI is InChI=1S/C20H22N4OS/c25-19(15-26-20-22-21-18-13-7-8-14-23(18)20)24(16-9-3-1-4-10-16)17-11-5-2-6-12-17/h1,3-4,7-10,13-14,17H,2,5-6,11-12,15H2. The summed E-state index contributed by atoms with van der Waals surface area (Å²) in [5, 5.41) is 9.13. The highest BCUT2D eigenvalue weighted by atomic mass is 32.2. The van der Waals surface area contributed by atoms with E-state index < -0.39 is 0 Å². The number of fused-ring (bicyclic) bond motifs is 1. The lowest BCUT2D eigenvalue weighted by atomic mass is 9.93. The number of thioether (sulfide) groups is 1. The van der Waals surface area contributed by atoms with Gasteiger partial charge in [-0.15, -0.1) is 10.2 Å². The SMILES string of the molecule is O=C(CSc1nnc2ccccn12)N(c1ccccc1)C1CCCCC1. The number of aromatic nitrogens is 3. The van der Waals surface area contributed by atoms with Gasteiger partial charge in [-0.1, -0.05) is 55.3 Å². The Morgan fingerprint density at radius 1 is 1.04 bits per heavy atom. The number of para-hydroxylation sites is 1. The lowest BCUT2D eigenvalue weighted by Gasteiger charge is -2.34. The summed E-state index contributed by atoms with van der Waals surface area (Å²) in [6.07, 6.45) is 7.76. The minimum absolute atomic E-state index is 0.140. The molecule has 1 amide bonds. The smallest absolute Gasteiger partial charge is 0.237 e. The summed E-state index contributed by atoms with van der Waals surface area (Å²) in [7, 11) is 0. The normalized spacial score (nSPS) is 15.2. The third-order valence-corrected chi connectivity index (χ3v) is 5.78. The fourth-order valence-electron chi connectivity index (χ4n) is 3.60. The number of pyridine rings is 1. The summed E-state index contributed by atoms with van der Waals surface area (Å²) in [5.74, 6) is 0.502. The van der Waals surface area contributed by atoms with E-state index in [1.807, 2.05) is 64.0 Å². The molecule has 0 aliphatic heterocycles. The molecule has 1 aromatic carbocycles. The Hall–Kier alpha value is -2.34. The maximum atomic E-state index is 13.1. The first-order valence-corrected chi connectivity index (χ1v) is 10.1. The molecule has 134 valence electrons. The summed E-state index contributed by atoms with van der Waals surface area (Å²) >= 11 is 1.45. The highest BCUT2D eigenvalue weighted by Gasteiger charge is 2.27. The molecule has 5 nitrogen and oxygen atoms in total. The Kier molecular flexibility index (Phi) is 5.20. The molecule has 6 heteroatoms. The summed E-state index contributed by atoms with van der Waals surface area (Å²) in [4.78, 5) is 15.1. The van der Waals surface area contributed by atoms with Crippen LogP contribution >= 0.6 is 11.8 Å². The van der Waals surface area contributed by atoms with Crippen LogP contribution in [0.1, 0.15) is 32.1 Å². The third kappa shape index (κ3) is 3.60. The number of nitrogens with zero attached hydrogens (tertiary/aromatic N) is 4. The fraction of sp³-hybridized carbons (Fsp3) is 0.350. The van der Waals surface area contributed by atoms with Gasteiger partial charge in [0, 0.05) is 17.9 Å². The maximum absolute atomic E-state index is 13.1. The van der Waals surface area contributed by atoms with Crippen LogP contribution in [0.3, 0.4) is 0 Å². The van der Waals surface area contributed by atoms with Crippen molar-refractivity contribution in [2.24, 2.45) is 0 Å². The molecule has 0 N–H and O–H groups in total. The summed E-state index contributed by atoms with van der Waals surface area (Å²) in [6.45, 7) is 0. The molecule has 1 aliphatic rings. The predicted octanol–water partition coefficient (Wildman–Crippen LogP) is 4.19. The molecular formula is C20H22N4OS. The molecule has 2 aromatic heterocycles. The van der Waals surface area contributed by atoms with E-state index in [0.717, 1.165) is 29.3 Å². The average Bonchev–Trinajstić information content (AvgIpc) is 3.11. The molecule has 3 aromatic rings. The van der Waals surface area contributed by atoms with E-state index in [9.17, 15) is 4.79 Å². The number of carbonyl (C=O) groups excluding carboxylic acids is 1. The second-order valence-electron chi connectivity index (χ2n) is 6.59. The molecule has 1 aliphatic carbocycles. The van der Waals surface area contributed by atoms with Crippen LogP contribution in [0.5, 0.6) is 0 Å².